The van der Waals surface area contributed by atoms with Gasteiger partial charge in [-0.2, -0.15) is 0 Å². The summed E-state index contributed by atoms with van der Waals surface area (Å²) in [6.45, 7) is 4.76. The first kappa shape index (κ1) is 13.1. The summed E-state index contributed by atoms with van der Waals surface area (Å²) in [6, 6.07) is 1.99. The van der Waals surface area contributed by atoms with E-state index >= 15 is 0 Å². The lowest BCUT2D eigenvalue weighted by Gasteiger charge is -2.25. The molecule has 2 rings (SSSR count). The molecule has 0 spiro atoms. The number of aromatic nitrogens is 2. The minimum absolute atomic E-state index is 0.806. The smallest absolute Gasteiger partial charge is 0.131 e. The summed E-state index contributed by atoms with van der Waals surface area (Å²) in [5, 5.41) is 9.80. The van der Waals surface area contributed by atoms with Gasteiger partial charge in [0.1, 0.15) is 17.5 Å². The van der Waals surface area contributed by atoms with E-state index in [-0.39, 0.29) is 0 Å². The molecular weight excluding hydrogens is 226 g/mol. The van der Waals surface area contributed by atoms with E-state index in [4.69, 9.17) is 0 Å². The Kier molecular flexibility index (Phi) is 4.75. The third-order valence-electron chi connectivity index (χ3n) is 3.32. The van der Waals surface area contributed by atoms with Gasteiger partial charge in [0, 0.05) is 25.7 Å². The van der Waals surface area contributed by atoms with Gasteiger partial charge in [0.15, 0.2) is 0 Å². The molecule has 1 aromatic rings. The van der Waals surface area contributed by atoms with E-state index in [0.717, 1.165) is 43.0 Å². The normalized spacial score (nSPS) is 15.2. The summed E-state index contributed by atoms with van der Waals surface area (Å²) in [4.78, 5) is 8.79. The monoisotopic (exact) mass is 249 g/mol. The van der Waals surface area contributed by atoms with Crippen molar-refractivity contribution in [3.8, 4) is 0 Å². The van der Waals surface area contributed by atoms with Gasteiger partial charge in [-0.3, -0.25) is 0 Å². The number of aryl methyl sites for hydroxylation is 1. The van der Waals surface area contributed by atoms with Crippen molar-refractivity contribution >= 4 is 11.6 Å². The average Bonchev–Trinajstić information content (AvgIpc) is 2.26. The molecule has 0 bridgehead atoms. The molecule has 0 atom stereocenters. The Bertz CT molecular complexity index is 376. The zero-order valence-corrected chi connectivity index (χ0v) is 11.3. The van der Waals surface area contributed by atoms with E-state index in [9.17, 15) is 0 Å². The van der Waals surface area contributed by atoms with Crippen molar-refractivity contribution in [2.24, 2.45) is 5.92 Å². The van der Waals surface area contributed by atoms with Crippen molar-refractivity contribution in [2.75, 3.05) is 37.3 Å². The van der Waals surface area contributed by atoms with Crippen LogP contribution in [0, 0.1) is 12.8 Å². The maximum absolute atomic E-state index is 4.41. The highest BCUT2D eigenvalue weighted by molar-refractivity contribution is 5.47. The first-order valence-electron chi connectivity index (χ1n) is 6.76. The van der Waals surface area contributed by atoms with Gasteiger partial charge in [-0.1, -0.05) is 6.42 Å². The second-order valence-corrected chi connectivity index (χ2v) is 4.89. The van der Waals surface area contributed by atoms with E-state index in [1.165, 1.54) is 19.3 Å². The maximum Gasteiger partial charge on any atom is 0.131 e. The minimum atomic E-state index is 0.806. The van der Waals surface area contributed by atoms with Crippen LogP contribution in [-0.4, -0.2) is 36.6 Å². The van der Waals surface area contributed by atoms with Gasteiger partial charge in [-0.15, -0.1) is 0 Å². The molecule has 5 nitrogen and oxygen atoms in total. The number of nitrogens with one attached hydrogen (secondary N) is 3. The van der Waals surface area contributed by atoms with E-state index in [1.807, 2.05) is 20.0 Å². The van der Waals surface area contributed by atoms with Crippen LogP contribution in [0.25, 0.3) is 0 Å². The molecule has 1 saturated carbocycles. The molecule has 0 saturated heterocycles. The molecule has 1 fully saturated rings. The Labute approximate surface area is 109 Å². The van der Waals surface area contributed by atoms with Gasteiger partial charge >= 0.3 is 0 Å². The standard InChI is InChI=1S/C13H23N5/c1-10-17-12(15-7-6-14-2)8-13(18-10)16-9-11-4-3-5-11/h8,11,14H,3-7,9H2,1-2H3,(H2,15,16,17,18). The fraction of sp³-hybridized carbons (Fsp3) is 0.692. The quantitative estimate of drug-likeness (QED) is 0.641. The van der Waals surface area contributed by atoms with Crippen LogP contribution in [-0.2, 0) is 0 Å². The lowest BCUT2D eigenvalue weighted by molar-refractivity contribution is 0.333. The van der Waals surface area contributed by atoms with Gasteiger partial charge in [0.25, 0.3) is 0 Å². The fourth-order valence-electron chi connectivity index (χ4n) is 2.01. The Balaban J connectivity index is 1.87. The molecule has 18 heavy (non-hydrogen) atoms. The number of anilines is 2. The van der Waals surface area contributed by atoms with Crippen LogP contribution in [0.1, 0.15) is 25.1 Å². The Hall–Kier alpha value is -1.36. The van der Waals surface area contributed by atoms with Crippen molar-refractivity contribution in [3.05, 3.63) is 11.9 Å². The summed E-state index contributed by atoms with van der Waals surface area (Å²) < 4.78 is 0. The highest BCUT2D eigenvalue weighted by Gasteiger charge is 2.16. The van der Waals surface area contributed by atoms with Crippen LogP contribution in [0.2, 0.25) is 0 Å². The first-order chi connectivity index (χ1) is 8.78. The molecule has 5 heteroatoms. The molecule has 1 heterocycles. The van der Waals surface area contributed by atoms with Crippen LogP contribution < -0.4 is 16.0 Å². The van der Waals surface area contributed by atoms with Gasteiger partial charge < -0.3 is 16.0 Å². The molecule has 0 amide bonds. The summed E-state index contributed by atoms with van der Waals surface area (Å²) >= 11 is 0. The molecule has 0 aromatic carbocycles. The number of hydrogen-bond donors (Lipinski definition) is 3. The van der Waals surface area contributed by atoms with Crippen molar-refractivity contribution in [1.82, 2.24) is 15.3 Å². The second kappa shape index (κ2) is 6.54. The van der Waals surface area contributed by atoms with E-state index in [2.05, 4.69) is 25.9 Å². The Morgan fingerprint density at radius 3 is 2.50 bits per heavy atom. The van der Waals surface area contributed by atoms with Crippen molar-refractivity contribution < 1.29 is 0 Å². The zero-order valence-electron chi connectivity index (χ0n) is 11.3. The largest absolute Gasteiger partial charge is 0.370 e. The number of rotatable bonds is 7. The van der Waals surface area contributed by atoms with E-state index in [1.54, 1.807) is 0 Å². The van der Waals surface area contributed by atoms with Crippen molar-refractivity contribution in [2.45, 2.75) is 26.2 Å². The van der Waals surface area contributed by atoms with Gasteiger partial charge in [-0.25, -0.2) is 9.97 Å². The lowest BCUT2D eigenvalue weighted by atomic mass is 9.85. The fourth-order valence-corrected chi connectivity index (χ4v) is 2.01. The molecule has 3 N–H and O–H groups in total. The molecule has 0 unspecified atom stereocenters. The number of likely N-dealkylation sites (N-methyl/N-ethyl adjacent to an activating group) is 1. The number of hydrogen-bond acceptors (Lipinski definition) is 5. The SMILES string of the molecule is CNCCNc1cc(NCC2CCC2)nc(C)n1. The van der Waals surface area contributed by atoms with Crippen LogP contribution in [0.15, 0.2) is 6.07 Å². The highest BCUT2D eigenvalue weighted by atomic mass is 15.1. The second-order valence-electron chi connectivity index (χ2n) is 4.89. The highest BCUT2D eigenvalue weighted by Crippen LogP contribution is 2.26. The van der Waals surface area contributed by atoms with Gasteiger partial charge in [-0.05, 0) is 32.7 Å². The first-order valence-corrected chi connectivity index (χ1v) is 6.76. The summed E-state index contributed by atoms with van der Waals surface area (Å²) in [5.41, 5.74) is 0. The zero-order chi connectivity index (χ0) is 12.8. The summed E-state index contributed by atoms with van der Waals surface area (Å²) in [5.74, 6) is 3.47. The van der Waals surface area contributed by atoms with Crippen molar-refractivity contribution in [1.29, 1.82) is 0 Å². The predicted molar refractivity (Wildman–Crippen MR) is 75.0 cm³/mol. The predicted octanol–water partition coefficient (Wildman–Crippen LogP) is 1.63. The van der Waals surface area contributed by atoms with Crippen LogP contribution in [0.3, 0.4) is 0 Å². The minimum Gasteiger partial charge on any atom is -0.370 e. The Morgan fingerprint density at radius 1 is 1.17 bits per heavy atom. The molecule has 1 aliphatic rings. The maximum atomic E-state index is 4.41. The Morgan fingerprint density at radius 2 is 1.89 bits per heavy atom. The van der Waals surface area contributed by atoms with Gasteiger partial charge in [0.2, 0.25) is 0 Å². The third kappa shape index (κ3) is 3.84. The molecule has 1 aliphatic carbocycles. The van der Waals surface area contributed by atoms with Crippen LogP contribution >= 0.6 is 0 Å². The van der Waals surface area contributed by atoms with Crippen molar-refractivity contribution in [3.63, 3.8) is 0 Å². The van der Waals surface area contributed by atoms with Crippen LogP contribution in [0.5, 0.6) is 0 Å². The van der Waals surface area contributed by atoms with Gasteiger partial charge in [0.05, 0.1) is 0 Å². The van der Waals surface area contributed by atoms with E-state index in [0.29, 0.717) is 0 Å². The molecule has 0 radical (unpaired) electrons. The average molecular weight is 249 g/mol. The number of nitrogens with zero attached hydrogens (tertiary/aromatic N) is 2. The lowest BCUT2D eigenvalue weighted by Crippen LogP contribution is -2.22. The molecular formula is C13H23N5. The van der Waals surface area contributed by atoms with E-state index < -0.39 is 0 Å². The topological polar surface area (TPSA) is 61.9 Å². The third-order valence-corrected chi connectivity index (χ3v) is 3.32. The molecule has 100 valence electrons. The molecule has 1 aromatic heterocycles. The van der Waals surface area contributed by atoms with Crippen LogP contribution in [0.4, 0.5) is 11.6 Å². The summed E-state index contributed by atoms with van der Waals surface area (Å²) in [6.07, 6.45) is 4.08. The molecule has 0 aliphatic heterocycles. The summed E-state index contributed by atoms with van der Waals surface area (Å²) in [7, 11) is 1.94.